The van der Waals surface area contributed by atoms with Crippen molar-refractivity contribution in [3.05, 3.63) is 48.6 Å². The Hall–Kier alpha value is -2.14. The Morgan fingerprint density at radius 2 is 1.38 bits per heavy atom. The maximum atomic E-state index is 11.7. The molecule has 2 N–H and O–H groups in total. The van der Waals surface area contributed by atoms with Crippen LogP contribution in [0.5, 0.6) is 0 Å². The van der Waals surface area contributed by atoms with E-state index in [-0.39, 0.29) is 5.91 Å². The number of rotatable bonds is 17. The Labute approximate surface area is 176 Å². The van der Waals surface area contributed by atoms with Gasteiger partial charge >= 0.3 is 5.97 Å². The first-order chi connectivity index (χ1) is 14.2. The van der Waals surface area contributed by atoms with Gasteiger partial charge in [-0.25, -0.2) is 4.79 Å². The second-order valence-corrected chi connectivity index (χ2v) is 6.81. The van der Waals surface area contributed by atoms with E-state index in [9.17, 15) is 9.59 Å². The molecule has 5 nitrogen and oxygen atoms in total. The maximum absolute atomic E-state index is 11.7. The lowest BCUT2D eigenvalue weighted by Gasteiger charge is -2.13. The first-order valence-electron chi connectivity index (χ1n) is 10.7. The zero-order chi connectivity index (χ0) is 21.6. The molecule has 0 aromatic carbocycles. The van der Waals surface area contributed by atoms with Crippen LogP contribution >= 0.6 is 0 Å². The summed E-state index contributed by atoms with van der Waals surface area (Å²) >= 11 is 0. The molecule has 0 radical (unpaired) electrons. The quantitative estimate of drug-likeness (QED) is 0.207. The van der Waals surface area contributed by atoms with Crippen LogP contribution in [0.25, 0.3) is 0 Å². The molecule has 1 amide bonds. The molecule has 29 heavy (non-hydrogen) atoms. The lowest BCUT2D eigenvalue weighted by molar-refractivity contribution is -0.146. The van der Waals surface area contributed by atoms with Gasteiger partial charge in [0.2, 0.25) is 5.91 Å². The Bertz CT molecular complexity index is 535. The van der Waals surface area contributed by atoms with Crippen molar-refractivity contribution >= 4 is 11.9 Å². The normalized spacial score (nSPS) is 13.1. The molecule has 164 valence electrons. The molecule has 0 aliphatic carbocycles. The molecule has 0 aliphatic rings. The zero-order valence-corrected chi connectivity index (χ0v) is 18.1. The average molecular weight is 406 g/mol. The van der Waals surface area contributed by atoms with Gasteiger partial charge in [-0.05, 0) is 44.9 Å². The van der Waals surface area contributed by atoms with Crippen molar-refractivity contribution in [2.24, 2.45) is 0 Å². The number of esters is 1. The number of methoxy groups -OCH3 is 1. The van der Waals surface area contributed by atoms with Gasteiger partial charge < -0.3 is 15.2 Å². The van der Waals surface area contributed by atoms with E-state index >= 15 is 0 Å². The summed E-state index contributed by atoms with van der Waals surface area (Å²) in [6.45, 7) is 1.76. The monoisotopic (exact) mass is 405 g/mol. The number of hydrogen-bond donors (Lipinski definition) is 2. The van der Waals surface area contributed by atoms with Gasteiger partial charge in [0.25, 0.3) is 0 Å². The standard InChI is InChI=1S/C24H39NO4/c1-3-4-5-6-7-8-9-10-11-12-13-14-15-16-17-18-19-20-23(27)25-22(21-26)24(28)29-2/h7-8,10-11,13-14,16-17,22,26H,3-6,9,12,15,18-21H2,1-2H3,(H,25,27). The minimum Gasteiger partial charge on any atom is -0.467 e. The molecule has 0 aromatic heterocycles. The number of aliphatic hydroxyl groups excluding tert-OH is 1. The van der Waals surface area contributed by atoms with Crippen molar-refractivity contribution < 1.29 is 19.4 Å². The second-order valence-electron chi connectivity index (χ2n) is 6.81. The highest BCUT2D eigenvalue weighted by atomic mass is 16.5. The zero-order valence-electron chi connectivity index (χ0n) is 18.1. The Balaban J connectivity index is 3.67. The SMILES string of the molecule is CCCCCC=CCC=CCC=CCC=CCCCC(=O)NC(CO)C(=O)OC. The summed E-state index contributed by atoms with van der Waals surface area (Å²) in [5, 5.41) is 11.5. The van der Waals surface area contributed by atoms with E-state index < -0.39 is 18.6 Å². The summed E-state index contributed by atoms with van der Waals surface area (Å²) in [6.07, 6.45) is 27.0. The highest BCUT2D eigenvalue weighted by molar-refractivity contribution is 5.84. The van der Waals surface area contributed by atoms with Crippen LogP contribution in [0.15, 0.2) is 48.6 Å². The number of nitrogens with one attached hydrogen (secondary N) is 1. The third-order valence-electron chi connectivity index (χ3n) is 4.24. The fourth-order valence-corrected chi connectivity index (χ4v) is 2.53. The molecule has 0 spiro atoms. The highest BCUT2D eigenvalue weighted by Crippen LogP contribution is 2.02. The lowest BCUT2D eigenvalue weighted by atomic mass is 10.2. The topological polar surface area (TPSA) is 75.6 Å². The van der Waals surface area contributed by atoms with Gasteiger partial charge in [-0.3, -0.25) is 4.79 Å². The molecule has 1 unspecified atom stereocenters. The first kappa shape index (κ1) is 26.9. The predicted octanol–water partition coefficient (Wildman–Crippen LogP) is 4.78. The molecule has 0 aliphatic heterocycles. The van der Waals surface area contributed by atoms with Gasteiger partial charge in [-0.15, -0.1) is 0 Å². The smallest absolute Gasteiger partial charge is 0.330 e. The Morgan fingerprint density at radius 1 is 0.862 bits per heavy atom. The summed E-state index contributed by atoms with van der Waals surface area (Å²) in [5.41, 5.74) is 0. The van der Waals surface area contributed by atoms with E-state index in [0.29, 0.717) is 12.8 Å². The summed E-state index contributed by atoms with van der Waals surface area (Å²) in [5.74, 6) is -0.897. The second kappa shape index (κ2) is 20.6. The van der Waals surface area contributed by atoms with Crippen LogP contribution in [0.1, 0.15) is 71.1 Å². The number of carbonyl (C=O) groups is 2. The fraction of sp³-hybridized carbons (Fsp3) is 0.583. The van der Waals surface area contributed by atoms with Crippen LogP contribution in [-0.4, -0.2) is 36.7 Å². The largest absolute Gasteiger partial charge is 0.467 e. The number of unbranched alkanes of at least 4 members (excludes halogenated alkanes) is 4. The molecular weight excluding hydrogens is 366 g/mol. The van der Waals surface area contributed by atoms with Crippen molar-refractivity contribution in [3.8, 4) is 0 Å². The summed E-state index contributed by atoms with van der Waals surface area (Å²) < 4.78 is 4.50. The van der Waals surface area contributed by atoms with Crippen molar-refractivity contribution in [1.29, 1.82) is 0 Å². The van der Waals surface area contributed by atoms with Crippen molar-refractivity contribution in [1.82, 2.24) is 5.32 Å². The molecule has 1 atom stereocenters. The minimum absolute atomic E-state index is 0.259. The van der Waals surface area contributed by atoms with E-state index in [4.69, 9.17) is 5.11 Å². The molecular formula is C24H39NO4. The van der Waals surface area contributed by atoms with Crippen LogP contribution in [0, 0.1) is 0 Å². The van der Waals surface area contributed by atoms with E-state index in [1.807, 2.05) is 0 Å². The van der Waals surface area contributed by atoms with E-state index in [0.717, 1.165) is 25.7 Å². The number of aliphatic hydroxyl groups is 1. The van der Waals surface area contributed by atoms with Gasteiger partial charge in [0.15, 0.2) is 6.04 Å². The number of allylic oxidation sites excluding steroid dienone is 8. The number of carbonyl (C=O) groups excluding carboxylic acids is 2. The molecule has 0 bridgehead atoms. The van der Waals surface area contributed by atoms with Gasteiger partial charge in [0.1, 0.15) is 0 Å². The lowest BCUT2D eigenvalue weighted by Crippen LogP contribution is -2.43. The third kappa shape index (κ3) is 17.7. The van der Waals surface area contributed by atoms with Gasteiger partial charge in [-0.1, -0.05) is 68.4 Å². The molecule has 0 rings (SSSR count). The highest BCUT2D eigenvalue weighted by Gasteiger charge is 2.19. The average Bonchev–Trinajstić information content (AvgIpc) is 2.73. The van der Waals surface area contributed by atoms with Crippen molar-refractivity contribution in [2.45, 2.75) is 77.2 Å². The molecule has 0 heterocycles. The Morgan fingerprint density at radius 3 is 1.86 bits per heavy atom. The van der Waals surface area contributed by atoms with Gasteiger partial charge in [0, 0.05) is 6.42 Å². The molecule has 5 heteroatoms. The van der Waals surface area contributed by atoms with Crippen molar-refractivity contribution in [2.75, 3.05) is 13.7 Å². The van der Waals surface area contributed by atoms with Crippen LogP contribution in [0.4, 0.5) is 0 Å². The summed E-state index contributed by atoms with van der Waals surface area (Å²) in [7, 11) is 1.22. The van der Waals surface area contributed by atoms with Crippen LogP contribution in [0.2, 0.25) is 0 Å². The third-order valence-corrected chi connectivity index (χ3v) is 4.24. The van der Waals surface area contributed by atoms with Crippen LogP contribution < -0.4 is 5.32 Å². The van der Waals surface area contributed by atoms with E-state index in [1.54, 1.807) is 0 Å². The fourth-order valence-electron chi connectivity index (χ4n) is 2.53. The van der Waals surface area contributed by atoms with Crippen LogP contribution in [-0.2, 0) is 14.3 Å². The van der Waals surface area contributed by atoms with Gasteiger partial charge in [-0.2, -0.15) is 0 Å². The van der Waals surface area contributed by atoms with E-state index in [2.05, 4.69) is 65.6 Å². The number of hydrogen-bond acceptors (Lipinski definition) is 4. The minimum atomic E-state index is -0.982. The molecule has 0 saturated carbocycles. The van der Waals surface area contributed by atoms with Crippen LogP contribution in [0.3, 0.4) is 0 Å². The summed E-state index contributed by atoms with van der Waals surface area (Å²) in [4.78, 5) is 23.0. The Kier molecular flexibility index (Phi) is 19.1. The number of ether oxygens (including phenoxy) is 1. The predicted molar refractivity (Wildman–Crippen MR) is 119 cm³/mol. The maximum Gasteiger partial charge on any atom is 0.330 e. The van der Waals surface area contributed by atoms with Crippen molar-refractivity contribution in [3.63, 3.8) is 0 Å². The summed E-state index contributed by atoms with van der Waals surface area (Å²) in [6, 6.07) is -0.982. The van der Waals surface area contributed by atoms with E-state index in [1.165, 1.54) is 32.8 Å². The first-order valence-corrected chi connectivity index (χ1v) is 10.7. The molecule has 0 fully saturated rings. The number of amides is 1. The van der Waals surface area contributed by atoms with Gasteiger partial charge in [0.05, 0.1) is 13.7 Å². The molecule has 0 aromatic rings. The molecule has 0 saturated heterocycles.